The Labute approximate surface area is 71.2 Å². The highest BCUT2D eigenvalue weighted by atomic mass is 16.3. The Hall–Kier alpha value is -1.37. The van der Waals surface area contributed by atoms with E-state index < -0.39 is 6.04 Å². The lowest BCUT2D eigenvalue weighted by Gasteiger charge is -1.94. The van der Waals surface area contributed by atoms with Crippen LogP contribution >= 0.6 is 0 Å². The number of hydrogen-bond donors (Lipinski definition) is 2. The van der Waals surface area contributed by atoms with E-state index in [1.165, 1.54) is 0 Å². The summed E-state index contributed by atoms with van der Waals surface area (Å²) in [4.78, 5) is 3.88. The van der Waals surface area contributed by atoms with Gasteiger partial charge in [-0.25, -0.2) is 0 Å². The van der Waals surface area contributed by atoms with Gasteiger partial charge in [0.05, 0.1) is 12.6 Å². The van der Waals surface area contributed by atoms with Gasteiger partial charge in [-0.05, 0) is 12.1 Å². The Morgan fingerprint density at radius 1 is 1.67 bits per heavy atom. The molecular weight excluding hydrogens is 152 g/mol. The number of aromatic nitrogens is 1. The number of rotatable bonds is 1. The Bertz CT molecular complexity index is 286. The molecule has 3 heteroatoms. The second-order valence-corrected chi connectivity index (χ2v) is 2.30. The second kappa shape index (κ2) is 4.50. The molecule has 0 amide bonds. The predicted molar refractivity (Wildman–Crippen MR) is 46.2 cm³/mol. The SMILES string of the molecule is NC(C#Cc1cccnc1)CO. The van der Waals surface area contributed by atoms with Crippen molar-refractivity contribution >= 4 is 0 Å². The van der Waals surface area contributed by atoms with E-state index in [2.05, 4.69) is 16.8 Å². The molecule has 3 nitrogen and oxygen atoms in total. The zero-order chi connectivity index (χ0) is 8.81. The van der Waals surface area contributed by atoms with Crippen molar-refractivity contribution in [1.82, 2.24) is 4.98 Å². The number of nitrogens with two attached hydrogens (primary N) is 1. The van der Waals surface area contributed by atoms with Gasteiger partial charge in [-0.2, -0.15) is 0 Å². The van der Waals surface area contributed by atoms with Gasteiger partial charge in [0.15, 0.2) is 0 Å². The van der Waals surface area contributed by atoms with E-state index in [-0.39, 0.29) is 6.61 Å². The smallest absolute Gasteiger partial charge is 0.0902 e. The summed E-state index contributed by atoms with van der Waals surface area (Å²) in [5.41, 5.74) is 6.18. The standard InChI is InChI=1S/C9H10N2O/c10-9(7-12)4-3-8-2-1-5-11-6-8/h1-2,5-6,9,12H,7,10H2. The fraction of sp³-hybridized carbons (Fsp3) is 0.222. The Morgan fingerprint density at radius 3 is 3.08 bits per heavy atom. The van der Waals surface area contributed by atoms with Crippen LogP contribution < -0.4 is 5.73 Å². The van der Waals surface area contributed by atoms with Crippen LogP contribution in [0.3, 0.4) is 0 Å². The molecular formula is C9H10N2O. The molecule has 62 valence electrons. The lowest BCUT2D eigenvalue weighted by molar-refractivity contribution is 0.287. The van der Waals surface area contributed by atoms with E-state index >= 15 is 0 Å². The van der Waals surface area contributed by atoms with Crippen LogP contribution in [0.2, 0.25) is 0 Å². The van der Waals surface area contributed by atoms with Crippen LogP contribution in [0.15, 0.2) is 24.5 Å². The molecule has 1 unspecified atom stereocenters. The predicted octanol–water partition coefficient (Wildman–Crippen LogP) is -0.247. The van der Waals surface area contributed by atoms with E-state index in [1.54, 1.807) is 18.5 Å². The van der Waals surface area contributed by atoms with E-state index in [9.17, 15) is 0 Å². The molecule has 1 heterocycles. The third kappa shape index (κ3) is 2.70. The molecule has 3 N–H and O–H groups in total. The molecule has 0 aliphatic heterocycles. The largest absolute Gasteiger partial charge is 0.394 e. The van der Waals surface area contributed by atoms with Gasteiger partial charge >= 0.3 is 0 Å². The van der Waals surface area contributed by atoms with Gasteiger partial charge < -0.3 is 10.8 Å². The van der Waals surface area contributed by atoms with Crippen molar-refractivity contribution < 1.29 is 5.11 Å². The maximum atomic E-state index is 8.57. The lowest BCUT2D eigenvalue weighted by Crippen LogP contribution is -2.21. The van der Waals surface area contributed by atoms with Gasteiger partial charge in [-0.3, -0.25) is 4.98 Å². The molecule has 0 radical (unpaired) electrons. The summed E-state index contributed by atoms with van der Waals surface area (Å²) >= 11 is 0. The molecule has 0 aliphatic rings. The van der Waals surface area contributed by atoms with Crippen molar-refractivity contribution in [2.24, 2.45) is 5.73 Å². The van der Waals surface area contributed by atoms with Crippen LogP contribution in [0, 0.1) is 11.8 Å². The van der Waals surface area contributed by atoms with Gasteiger partial charge in [0.25, 0.3) is 0 Å². The molecule has 1 atom stereocenters. The van der Waals surface area contributed by atoms with Gasteiger partial charge in [0.1, 0.15) is 0 Å². The monoisotopic (exact) mass is 162 g/mol. The minimum atomic E-state index is -0.467. The minimum absolute atomic E-state index is 0.118. The summed E-state index contributed by atoms with van der Waals surface area (Å²) in [6, 6.07) is 3.17. The van der Waals surface area contributed by atoms with Gasteiger partial charge in [0.2, 0.25) is 0 Å². The third-order valence-electron chi connectivity index (χ3n) is 1.26. The summed E-state index contributed by atoms with van der Waals surface area (Å²) < 4.78 is 0. The maximum absolute atomic E-state index is 8.57. The van der Waals surface area contributed by atoms with Crippen LogP contribution in [-0.4, -0.2) is 22.7 Å². The Morgan fingerprint density at radius 2 is 2.50 bits per heavy atom. The second-order valence-electron chi connectivity index (χ2n) is 2.30. The molecule has 0 aromatic carbocycles. The molecule has 1 rings (SSSR count). The zero-order valence-electron chi connectivity index (χ0n) is 6.57. The number of pyridine rings is 1. The van der Waals surface area contributed by atoms with Crippen molar-refractivity contribution in [2.45, 2.75) is 6.04 Å². The third-order valence-corrected chi connectivity index (χ3v) is 1.26. The lowest BCUT2D eigenvalue weighted by atomic mass is 10.2. The van der Waals surface area contributed by atoms with Crippen LogP contribution in [0.25, 0.3) is 0 Å². The molecule has 12 heavy (non-hydrogen) atoms. The number of aliphatic hydroxyl groups excluding tert-OH is 1. The average molecular weight is 162 g/mol. The number of hydrogen-bond acceptors (Lipinski definition) is 3. The quantitative estimate of drug-likeness (QED) is 0.560. The first-order chi connectivity index (χ1) is 5.83. The molecule has 1 aromatic rings. The molecule has 0 bridgehead atoms. The minimum Gasteiger partial charge on any atom is -0.394 e. The summed E-state index contributed by atoms with van der Waals surface area (Å²) in [7, 11) is 0. The van der Waals surface area contributed by atoms with Crippen LogP contribution in [-0.2, 0) is 0 Å². The maximum Gasteiger partial charge on any atom is 0.0902 e. The summed E-state index contributed by atoms with van der Waals surface area (Å²) in [5.74, 6) is 5.48. The van der Waals surface area contributed by atoms with Crippen LogP contribution in [0.1, 0.15) is 5.56 Å². The van der Waals surface area contributed by atoms with Crippen LogP contribution in [0.5, 0.6) is 0 Å². The first kappa shape index (κ1) is 8.72. The van der Waals surface area contributed by atoms with Gasteiger partial charge in [-0.1, -0.05) is 11.8 Å². The zero-order valence-corrected chi connectivity index (χ0v) is 6.57. The normalized spacial score (nSPS) is 11.5. The van der Waals surface area contributed by atoms with E-state index in [4.69, 9.17) is 10.8 Å². The van der Waals surface area contributed by atoms with Crippen molar-refractivity contribution in [3.63, 3.8) is 0 Å². The van der Waals surface area contributed by atoms with Crippen LogP contribution in [0.4, 0.5) is 0 Å². The molecule has 0 aliphatic carbocycles. The van der Waals surface area contributed by atoms with Crippen molar-refractivity contribution in [2.75, 3.05) is 6.61 Å². The van der Waals surface area contributed by atoms with E-state index in [0.29, 0.717) is 0 Å². The summed E-state index contributed by atoms with van der Waals surface area (Å²) in [6.07, 6.45) is 3.33. The highest BCUT2D eigenvalue weighted by Gasteiger charge is 1.90. The summed E-state index contributed by atoms with van der Waals surface area (Å²) in [6.45, 7) is -0.118. The Kier molecular flexibility index (Phi) is 3.27. The number of aliphatic hydroxyl groups is 1. The first-order valence-corrected chi connectivity index (χ1v) is 3.61. The molecule has 1 aromatic heterocycles. The Balaban J connectivity index is 2.67. The molecule has 0 saturated carbocycles. The summed E-state index contributed by atoms with van der Waals surface area (Å²) in [5, 5.41) is 8.57. The highest BCUT2D eigenvalue weighted by Crippen LogP contribution is 1.91. The van der Waals surface area contributed by atoms with E-state index in [0.717, 1.165) is 5.56 Å². The molecule has 0 fully saturated rings. The highest BCUT2D eigenvalue weighted by molar-refractivity contribution is 5.32. The average Bonchev–Trinajstić information content (AvgIpc) is 2.16. The van der Waals surface area contributed by atoms with Gasteiger partial charge in [0, 0.05) is 18.0 Å². The molecule has 0 saturated heterocycles. The van der Waals surface area contributed by atoms with Crippen molar-refractivity contribution in [3.05, 3.63) is 30.1 Å². The fourth-order valence-electron chi connectivity index (χ4n) is 0.658. The van der Waals surface area contributed by atoms with E-state index in [1.807, 2.05) is 6.07 Å². The number of nitrogens with zero attached hydrogens (tertiary/aromatic N) is 1. The topological polar surface area (TPSA) is 59.1 Å². The van der Waals surface area contributed by atoms with Gasteiger partial charge in [-0.15, -0.1) is 0 Å². The van der Waals surface area contributed by atoms with Crippen molar-refractivity contribution in [3.8, 4) is 11.8 Å². The fourth-order valence-corrected chi connectivity index (χ4v) is 0.658. The van der Waals surface area contributed by atoms with Crippen molar-refractivity contribution in [1.29, 1.82) is 0 Å². The molecule has 0 spiro atoms. The first-order valence-electron chi connectivity index (χ1n) is 3.61.